The second kappa shape index (κ2) is 11.4. The molecular weight excluding hydrogens is 294 g/mol. The summed E-state index contributed by atoms with van der Waals surface area (Å²) in [6.45, 7) is 0. The molecule has 1 aromatic heterocycles. The molecule has 0 saturated heterocycles. The molecule has 1 rings (SSSR count). The van der Waals surface area contributed by atoms with E-state index in [1.165, 1.54) is 21.6 Å². The van der Waals surface area contributed by atoms with Crippen LogP contribution in [0, 0.1) is 30.6 Å². The monoisotopic (exact) mass is 297 g/mol. The van der Waals surface area contributed by atoms with E-state index in [1.54, 1.807) is 7.05 Å². The summed E-state index contributed by atoms with van der Waals surface area (Å²) in [5.41, 5.74) is -0.0417. The molecule has 0 N–H and O–H groups in total. The van der Waals surface area contributed by atoms with Gasteiger partial charge in [0.1, 0.15) is 4.34 Å². The van der Waals surface area contributed by atoms with Gasteiger partial charge in [-0.25, -0.2) is 0 Å². The van der Waals surface area contributed by atoms with Gasteiger partial charge in [0, 0.05) is 13.1 Å². The summed E-state index contributed by atoms with van der Waals surface area (Å²) in [7, 11) is 1.68. The van der Waals surface area contributed by atoms with Crippen molar-refractivity contribution in [1.29, 1.82) is 0 Å². The van der Waals surface area contributed by atoms with Crippen LogP contribution in [0.1, 0.15) is 0 Å². The largest absolute Gasteiger partial charge is 2.00 e. The van der Waals surface area contributed by atoms with Gasteiger partial charge in [-0.15, -0.1) is 0 Å². The first-order chi connectivity index (χ1) is 7.16. The Bertz CT molecular complexity index is 386. The summed E-state index contributed by atoms with van der Waals surface area (Å²) in [6, 6.07) is 1.40. The van der Waals surface area contributed by atoms with Crippen LogP contribution >= 0.6 is 23.1 Å². The molecule has 17 heavy (non-hydrogen) atoms. The molecule has 0 saturated carbocycles. The van der Waals surface area contributed by atoms with E-state index in [9.17, 15) is 4.79 Å². The van der Waals surface area contributed by atoms with Gasteiger partial charge < -0.3 is 30.6 Å². The van der Waals surface area contributed by atoms with Gasteiger partial charge in [-0.1, -0.05) is 11.6 Å². The Morgan fingerprint density at radius 3 is 1.59 bits per heavy atom. The summed E-state index contributed by atoms with van der Waals surface area (Å²) < 4.78 is 2.01. The molecule has 1 aromatic rings. The summed E-state index contributed by atoms with van der Waals surface area (Å²) in [5, 5.41) is 29.5. The van der Waals surface area contributed by atoms with Crippen LogP contribution in [-0.4, -0.2) is 37.2 Å². The molecule has 0 atom stereocenters. The minimum absolute atomic E-state index is 0. The van der Waals surface area contributed by atoms with Gasteiger partial charge >= 0.3 is 23.1 Å². The van der Waals surface area contributed by atoms with Crippen LogP contribution in [0.25, 0.3) is 0 Å². The Morgan fingerprint density at radius 1 is 1.24 bits per heavy atom. The predicted octanol–water partition coefficient (Wildman–Crippen LogP) is 0.241. The molecule has 0 aromatic carbocycles. The molecule has 0 amide bonds. The number of rotatable bonds is 0. The summed E-state index contributed by atoms with van der Waals surface area (Å²) in [6.07, 6.45) is 0. The SMILES string of the molecule is Cn1sc(Cl)cc1=O.O=[N+]([O-])[O-].O=[N+]([O-])[O-].[Mg+2]. The van der Waals surface area contributed by atoms with Crippen molar-refractivity contribution in [2.24, 2.45) is 7.05 Å². The van der Waals surface area contributed by atoms with Crippen molar-refractivity contribution in [3.63, 3.8) is 0 Å². The van der Waals surface area contributed by atoms with Crippen LogP contribution in [0.2, 0.25) is 4.34 Å². The van der Waals surface area contributed by atoms with E-state index in [0.717, 1.165) is 0 Å². The van der Waals surface area contributed by atoms with E-state index in [1.807, 2.05) is 0 Å². The molecular formula is C4H4ClMgN3O7S. The zero-order valence-corrected chi connectivity index (χ0v) is 11.3. The Morgan fingerprint density at radius 2 is 1.53 bits per heavy atom. The van der Waals surface area contributed by atoms with E-state index in [2.05, 4.69) is 0 Å². The Balaban J connectivity index is -0.000000189. The van der Waals surface area contributed by atoms with E-state index in [-0.39, 0.29) is 28.6 Å². The van der Waals surface area contributed by atoms with Crippen LogP contribution in [0.4, 0.5) is 0 Å². The van der Waals surface area contributed by atoms with Crippen LogP contribution in [-0.2, 0) is 7.05 Å². The van der Waals surface area contributed by atoms with Gasteiger partial charge in [-0.05, 0) is 11.5 Å². The van der Waals surface area contributed by atoms with Crippen molar-refractivity contribution in [2.45, 2.75) is 0 Å². The fourth-order valence-corrected chi connectivity index (χ4v) is 1.35. The number of hydrogen-bond acceptors (Lipinski definition) is 8. The van der Waals surface area contributed by atoms with Gasteiger partial charge in [0.25, 0.3) is 5.56 Å². The predicted molar refractivity (Wildman–Crippen MR) is 61.0 cm³/mol. The molecule has 10 nitrogen and oxygen atoms in total. The zero-order valence-electron chi connectivity index (χ0n) is 8.27. The molecule has 0 aliphatic carbocycles. The molecule has 13 heteroatoms. The second-order valence-electron chi connectivity index (χ2n) is 1.82. The maximum atomic E-state index is 10.5. The third-order valence-electron chi connectivity index (χ3n) is 0.771. The molecule has 0 aliphatic heterocycles. The number of nitrogens with zero attached hydrogens (tertiary/aromatic N) is 3. The fourth-order valence-electron chi connectivity index (χ4n) is 0.390. The minimum atomic E-state index is -1.75. The normalized spacial score (nSPS) is 7.41. The van der Waals surface area contributed by atoms with Crippen molar-refractivity contribution >= 4 is 46.2 Å². The summed E-state index contributed by atoms with van der Waals surface area (Å²) in [5.74, 6) is 0. The Kier molecular flexibility index (Phi) is 14.2. The summed E-state index contributed by atoms with van der Waals surface area (Å²) >= 11 is 6.70. The molecule has 1 heterocycles. The fraction of sp³-hybridized carbons (Fsp3) is 0.250. The third kappa shape index (κ3) is 20.9. The Hall–Kier alpha value is -1.11. The van der Waals surface area contributed by atoms with Crippen LogP contribution in [0.5, 0.6) is 0 Å². The number of aryl methyl sites for hydroxylation is 1. The topological polar surface area (TPSA) is 154 Å². The quantitative estimate of drug-likeness (QED) is 0.377. The zero-order chi connectivity index (χ0) is 13.3. The van der Waals surface area contributed by atoms with Crippen molar-refractivity contribution in [3.8, 4) is 0 Å². The maximum absolute atomic E-state index is 10.5. The first-order valence-corrected chi connectivity index (χ1v) is 4.27. The van der Waals surface area contributed by atoms with Crippen molar-refractivity contribution < 1.29 is 10.2 Å². The molecule has 0 bridgehead atoms. The smallest absolute Gasteiger partial charge is 0.356 e. The molecule has 0 spiro atoms. The van der Waals surface area contributed by atoms with Crippen molar-refractivity contribution in [2.75, 3.05) is 0 Å². The number of aromatic nitrogens is 1. The van der Waals surface area contributed by atoms with Crippen molar-refractivity contribution in [1.82, 2.24) is 3.96 Å². The van der Waals surface area contributed by atoms with Crippen LogP contribution in [0.15, 0.2) is 10.9 Å². The first kappa shape index (κ1) is 21.2. The van der Waals surface area contributed by atoms with Gasteiger partial charge in [0.05, 0.1) is 10.2 Å². The maximum Gasteiger partial charge on any atom is 2.00 e. The van der Waals surface area contributed by atoms with Crippen molar-refractivity contribution in [3.05, 3.63) is 51.4 Å². The number of hydrogen-bond donors (Lipinski definition) is 0. The minimum Gasteiger partial charge on any atom is -0.356 e. The standard InChI is InChI=1S/C4H4ClNOS.Mg.2NO3/c1-6-4(7)2-3(5)8-6;;2*2-1(3)4/h2H,1H3;;;/q;+2;2*-1. The van der Waals surface area contributed by atoms with Crippen LogP contribution in [0.3, 0.4) is 0 Å². The van der Waals surface area contributed by atoms with Gasteiger partial charge in [0.2, 0.25) is 0 Å². The van der Waals surface area contributed by atoms with Gasteiger partial charge in [-0.3, -0.25) is 8.75 Å². The average Bonchev–Trinajstić information content (AvgIpc) is 2.26. The first-order valence-electron chi connectivity index (χ1n) is 3.12. The molecule has 0 unspecified atom stereocenters. The van der Waals surface area contributed by atoms with E-state index >= 15 is 0 Å². The third-order valence-corrected chi connectivity index (χ3v) is 1.83. The van der Waals surface area contributed by atoms with Gasteiger partial charge in [0.15, 0.2) is 0 Å². The average molecular weight is 298 g/mol. The van der Waals surface area contributed by atoms with E-state index in [0.29, 0.717) is 4.34 Å². The molecule has 0 aliphatic rings. The van der Waals surface area contributed by atoms with E-state index in [4.69, 9.17) is 42.2 Å². The molecule has 0 radical (unpaired) electrons. The number of halogens is 1. The van der Waals surface area contributed by atoms with E-state index < -0.39 is 10.2 Å². The second-order valence-corrected chi connectivity index (χ2v) is 3.62. The molecule has 0 fully saturated rings. The summed E-state index contributed by atoms with van der Waals surface area (Å²) in [4.78, 5) is 27.0. The Labute approximate surface area is 119 Å². The van der Waals surface area contributed by atoms with Gasteiger partial charge in [-0.2, -0.15) is 0 Å². The van der Waals surface area contributed by atoms with Crippen LogP contribution < -0.4 is 5.56 Å². The molecule has 92 valence electrons.